The first-order valence-electron chi connectivity index (χ1n) is 8.82. The molecule has 0 aliphatic carbocycles. The van der Waals surface area contributed by atoms with Crippen molar-refractivity contribution in [3.63, 3.8) is 0 Å². The lowest BCUT2D eigenvalue weighted by Gasteiger charge is -2.14. The average Bonchev–Trinajstić information content (AvgIpc) is 3.19. The molecule has 1 aliphatic rings. The molecule has 1 N–H and O–H groups in total. The van der Waals surface area contributed by atoms with Crippen molar-refractivity contribution in [2.24, 2.45) is 0 Å². The van der Waals surface area contributed by atoms with Crippen LogP contribution in [0.4, 0.5) is 5.69 Å². The van der Waals surface area contributed by atoms with Crippen LogP contribution in [-0.4, -0.2) is 11.5 Å². The van der Waals surface area contributed by atoms with E-state index < -0.39 is 0 Å². The van der Waals surface area contributed by atoms with Crippen molar-refractivity contribution in [3.8, 4) is 11.3 Å². The smallest absolute Gasteiger partial charge is 0.0710 e. The average molecular weight is 337 g/mol. The molecular formula is C21H24N2S. The molecule has 0 amide bonds. The van der Waals surface area contributed by atoms with Crippen LogP contribution in [0.25, 0.3) is 21.3 Å². The number of rotatable bonds is 3. The fraction of sp³-hybridized carbons (Fsp3) is 0.381. The normalized spacial score (nSPS) is 13.8. The summed E-state index contributed by atoms with van der Waals surface area (Å²) >= 11 is 1.80. The number of anilines is 1. The number of hydrogen-bond acceptors (Lipinski definition) is 3. The number of aromatic nitrogens is 1. The summed E-state index contributed by atoms with van der Waals surface area (Å²) in [5, 5.41) is 7.18. The van der Waals surface area contributed by atoms with Crippen LogP contribution < -0.4 is 5.32 Å². The van der Waals surface area contributed by atoms with Crippen molar-refractivity contribution in [1.29, 1.82) is 0 Å². The summed E-state index contributed by atoms with van der Waals surface area (Å²) in [5.41, 5.74) is 8.00. The second-order valence-electron chi connectivity index (χ2n) is 7.33. The van der Waals surface area contributed by atoms with Gasteiger partial charge in [-0.15, -0.1) is 11.3 Å². The van der Waals surface area contributed by atoms with E-state index in [1.165, 1.54) is 38.0 Å². The lowest BCUT2D eigenvalue weighted by molar-refractivity contribution is 0.850. The number of nitrogens with zero attached hydrogens (tertiary/aromatic N) is 1. The largest absolute Gasteiger partial charge is 0.384 e. The van der Waals surface area contributed by atoms with Gasteiger partial charge in [0.1, 0.15) is 0 Å². The van der Waals surface area contributed by atoms with Gasteiger partial charge in [-0.1, -0.05) is 27.7 Å². The maximum Gasteiger partial charge on any atom is 0.0710 e. The summed E-state index contributed by atoms with van der Waals surface area (Å²) in [6.45, 7) is 10.1. The van der Waals surface area contributed by atoms with Crippen molar-refractivity contribution in [2.75, 3.05) is 11.9 Å². The maximum absolute atomic E-state index is 4.76. The highest BCUT2D eigenvalue weighted by atomic mass is 32.1. The number of nitrogens with one attached hydrogen (secondary N) is 1. The third-order valence-electron chi connectivity index (χ3n) is 5.01. The number of fused-ring (bicyclic) bond motifs is 2. The molecule has 2 nitrogen and oxygen atoms in total. The van der Waals surface area contributed by atoms with Crippen molar-refractivity contribution >= 4 is 27.1 Å². The van der Waals surface area contributed by atoms with E-state index in [0.717, 1.165) is 18.7 Å². The highest BCUT2D eigenvalue weighted by molar-refractivity contribution is 7.17. The topological polar surface area (TPSA) is 24.9 Å². The summed E-state index contributed by atoms with van der Waals surface area (Å²) < 4.78 is 1.28. The number of pyridine rings is 1. The fourth-order valence-corrected chi connectivity index (χ4v) is 4.74. The lowest BCUT2D eigenvalue weighted by Crippen LogP contribution is -1.96. The molecule has 0 unspecified atom stereocenters. The molecule has 1 aromatic carbocycles. The number of hydrogen-bond donors (Lipinski definition) is 1. The summed E-state index contributed by atoms with van der Waals surface area (Å²) in [6.07, 6.45) is 3.18. The van der Waals surface area contributed by atoms with Crippen molar-refractivity contribution in [3.05, 3.63) is 46.5 Å². The van der Waals surface area contributed by atoms with Crippen LogP contribution in [0.5, 0.6) is 0 Å². The van der Waals surface area contributed by atoms with Gasteiger partial charge in [0.15, 0.2) is 0 Å². The van der Waals surface area contributed by atoms with Gasteiger partial charge in [0.25, 0.3) is 0 Å². The molecule has 1 aliphatic heterocycles. The minimum atomic E-state index is 0.537. The molecule has 0 spiro atoms. The minimum Gasteiger partial charge on any atom is -0.384 e. The molecule has 0 fully saturated rings. The van der Waals surface area contributed by atoms with E-state index in [2.05, 4.69) is 56.6 Å². The Morgan fingerprint density at radius 2 is 1.83 bits per heavy atom. The molecule has 24 heavy (non-hydrogen) atoms. The van der Waals surface area contributed by atoms with E-state index in [9.17, 15) is 0 Å². The molecule has 0 atom stereocenters. The Bertz CT molecular complexity index is 906. The lowest BCUT2D eigenvalue weighted by atomic mass is 9.92. The summed E-state index contributed by atoms with van der Waals surface area (Å²) in [5.74, 6) is 1.08. The minimum absolute atomic E-state index is 0.537. The molecule has 2 aromatic heterocycles. The second-order valence-corrected chi connectivity index (χ2v) is 8.25. The van der Waals surface area contributed by atoms with E-state index in [0.29, 0.717) is 11.8 Å². The highest BCUT2D eigenvalue weighted by Crippen LogP contribution is 2.37. The van der Waals surface area contributed by atoms with Crippen LogP contribution in [0.2, 0.25) is 0 Å². The number of thiophene rings is 1. The maximum atomic E-state index is 4.76. The van der Waals surface area contributed by atoms with Crippen LogP contribution in [-0.2, 0) is 6.42 Å². The molecule has 0 bridgehead atoms. The zero-order valence-electron chi connectivity index (χ0n) is 14.8. The summed E-state index contributed by atoms with van der Waals surface area (Å²) in [6, 6.07) is 6.91. The Hall–Kier alpha value is -1.87. The van der Waals surface area contributed by atoms with Gasteiger partial charge in [-0.2, -0.15) is 0 Å². The highest BCUT2D eigenvalue weighted by Gasteiger charge is 2.19. The fourth-order valence-electron chi connectivity index (χ4n) is 3.67. The van der Waals surface area contributed by atoms with Crippen LogP contribution in [0.15, 0.2) is 29.8 Å². The zero-order chi connectivity index (χ0) is 16.8. The van der Waals surface area contributed by atoms with Gasteiger partial charge in [0.2, 0.25) is 0 Å². The number of benzene rings is 1. The van der Waals surface area contributed by atoms with E-state index in [-0.39, 0.29) is 0 Å². The van der Waals surface area contributed by atoms with E-state index >= 15 is 0 Å². The Morgan fingerprint density at radius 3 is 2.58 bits per heavy atom. The quantitative estimate of drug-likeness (QED) is 0.618. The van der Waals surface area contributed by atoms with Gasteiger partial charge in [0.05, 0.1) is 10.4 Å². The third-order valence-corrected chi connectivity index (χ3v) is 5.96. The molecule has 0 saturated heterocycles. The molecule has 0 saturated carbocycles. The molecule has 4 rings (SSSR count). The van der Waals surface area contributed by atoms with Gasteiger partial charge in [-0.05, 0) is 63.9 Å². The Balaban J connectivity index is 1.88. The van der Waals surface area contributed by atoms with E-state index in [4.69, 9.17) is 4.98 Å². The summed E-state index contributed by atoms with van der Waals surface area (Å²) in [4.78, 5) is 4.76. The predicted molar refractivity (Wildman–Crippen MR) is 105 cm³/mol. The molecule has 0 radical (unpaired) electrons. The van der Waals surface area contributed by atoms with Gasteiger partial charge in [-0.25, -0.2) is 0 Å². The van der Waals surface area contributed by atoms with Crippen molar-refractivity contribution < 1.29 is 0 Å². The summed E-state index contributed by atoms with van der Waals surface area (Å²) in [7, 11) is 0. The zero-order valence-corrected chi connectivity index (χ0v) is 15.6. The van der Waals surface area contributed by atoms with Gasteiger partial charge in [0, 0.05) is 24.0 Å². The molecule has 3 heteroatoms. The van der Waals surface area contributed by atoms with Crippen LogP contribution in [0.1, 0.15) is 56.2 Å². The third kappa shape index (κ3) is 2.51. The van der Waals surface area contributed by atoms with Crippen molar-refractivity contribution in [1.82, 2.24) is 4.98 Å². The molecular weight excluding hydrogens is 312 g/mol. The van der Waals surface area contributed by atoms with Crippen molar-refractivity contribution in [2.45, 2.75) is 46.0 Å². The van der Waals surface area contributed by atoms with E-state index in [1.807, 2.05) is 6.20 Å². The molecule has 3 heterocycles. The molecule has 3 aromatic rings. The predicted octanol–water partition coefficient (Wildman–Crippen LogP) is 6.18. The Labute approximate surface area is 147 Å². The monoisotopic (exact) mass is 336 g/mol. The second kappa shape index (κ2) is 5.89. The Kier molecular flexibility index (Phi) is 3.84. The van der Waals surface area contributed by atoms with Gasteiger partial charge >= 0.3 is 0 Å². The van der Waals surface area contributed by atoms with Gasteiger partial charge < -0.3 is 5.32 Å². The van der Waals surface area contributed by atoms with Crippen LogP contribution in [0, 0.1) is 0 Å². The first kappa shape index (κ1) is 15.6. The SMILES string of the molecule is CC(C)c1cc(-c2cc3c(C(C)C)csc3cn2)cc2c1CCN2. The first-order chi connectivity index (χ1) is 11.5. The van der Waals surface area contributed by atoms with Crippen LogP contribution in [0.3, 0.4) is 0 Å². The van der Waals surface area contributed by atoms with Crippen LogP contribution >= 0.6 is 11.3 Å². The Morgan fingerprint density at radius 1 is 1.04 bits per heavy atom. The molecule has 124 valence electrons. The van der Waals surface area contributed by atoms with E-state index in [1.54, 1.807) is 11.3 Å². The first-order valence-corrected chi connectivity index (χ1v) is 9.70. The van der Waals surface area contributed by atoms with Gasteiger partial charge in [-0.3, -0.25) is 4.98 Å². The standard InChI is InChI=1S/C21H24N2S/c1-12(2)16-7-14(8-20-15(16)5-6-22-20)19-9-17-18(13(3)4)11-24-21(17)10-23-19/h7-13,22H,5-6H2,1-4H3.